The average Bonchev–Trinajstić information content (AvgIpc) is 3.27. The van der Waals surface area contributed by atoms with Gasteiger partial charge in [0.15, 0.2) is 0 Å². The summed E-state index contributed by atoms with van der Waals surface area (Å²) >= 11 is 0. The molecule has 224 valence electrons. The molecule has 1 heterocycles. The van der Waals surface area contributed by atoms with Gasteiger partial charge in [0.1, 0.15) is 12.4 Å². The highest BCUT2D eigenvalue weighted by Gasteiger charge is 2.13. The Morgan fingerprint density at radius 1 is 0.447 bits per heavy atom. The van der Waals surface area contributed by atoms with E-state index in [0.717, 1.165) is 0 Å². The number of unbranched alkanes of at least 4 members (excludes halogenated alkanes) is 26. The van der Waals surface area contributed by atoms with Gasteiger partial charge in [-0.2, -0.15) is 0 Å². The zero-order valence-electron chi connectivity index (χ0n) is 26.8. The maximum absolute atomic E-state index is 2.54. The Morgan fingerprint density at radius 3 is 1.13 bits per heavy atom. The predicted molar refractivity (Wildman–Crippen MR) is 170 cm³/mol. The number of hydrogen-bond acceptors (Lipinski definition) is 0. The molecule has 0 fully saturated rings. The fraction of sp³-hybridized carbons (Fsp3) is 0.917. The molecule has 1 rings (SSSR count). The zero-order valence-corrected chi connectivity index (χ0v) is 26.8. The summed E-state index contributed by atoms with van der Waals surface area (Å²) in [5, 5.41) is 0. The minimum Gasteiger partial charge on any atom is -0.237 e. The molecule has 0 saturated carbocycles. The van der Waals surface area contributed by atoms with Crippen molar-refractivity contribution in [3.8, 4) is 0 Å². The summed E-state index contributed by atoms with van der Waals surface area (Å²) in [6.07, 6.45) is 46.2. The fourth-order valence-electron chi connectivity index (χ4n) is 6.03. The Morgan fingerprint density at radius 2 is 0.763 bits per heavy atom. The van der Waals surface area contributed by atoms with E-state index < -0.39 is 0 Å². The summed E-state index contributed by atoms with van der Waals surface area (Å²) < 4.78 is 4.91. The van der Waals surface area contributed by atoms with E-state index >= 15 is 0 Å². The van der Waals surface area contributed by atoms with Crippen molar-refractivity contribution in [2.45, 2.75) is 207 Å². The van der Waals surface area contributed by atoms with E-state index in [0.29, 0.717) is 0 Å². The van der Waals surface area contributed by atoms with Crippen molar-refractivity contribution < 1.29 is 4.57 Å². The van der Waals surface area contributed by atoms with E-state index in [4.69, 9.17) is 0 Å². The van der Waals surface area contributed by atoms with E-state index in [1.807, 2.05) is 0 Å². The number of aromatic nitrogens is 2. The molecule has 0 bridgehead atoms. The van der Waals surface area contributed by atoms with E-state index in [-0.39, 0.29) is 0 Å². The molecule has 0 saturated heterocycles. The third kappa shape index (κ3) is 21.1. The van der Waals surface area contributed by atoms with E-state index in [1.165, 1.54) is 193 Å². The minimum atomic E-state index is 1.22. The Kier molecular flexibility index (Phi) is 25.7. The lowest BCUT2D eigenvalue weighted by atomic mass is 10.0. The normalized spacial score (nSPS) is 11.6. The fourth-order valence-corrected chi connectivity index (χ4v) is 6.03. The highest BCUT2D eigenvalue weighted by molar-refractivity contribution is 4.84. The lowest BCUT2D eigenvalue weighted by Crippen LogP contribution is -2.32. The molecule has 38 heavy (non-hydrogen) atoms. The number of nitrogens with zero attached hydrogens (tertiary/aromatic N) is 2. The van der Waals surface area contributed by atoms with Gasteiger partial charge in [-0.1, -0.05) is 174 Å². The van der Waals surface area contributed by atoms with Gasteiger partial charge in [-0.25, -0.2) is 9.13 Å². The SMILES string of the molecule is CCCCCCCCCCCCCCCCCn1cc[n+](C)c1CCCCCCCCCCCCCCC. The molecule has 0 N–H and O–H groups in total. The van der Waals surface area contributed by atoms with Crippen molar-refractivity contribution in [1.82, 2.24) is 4.57 Å². The van der Waals surface area contributed by atoms with Gasteiger partial charge in [-0.05, 0) is 19.3 Å². The molecule has 0 atom stereocenters. The second-order valence-corrected chi connectivity index (χ2v) is 12.5. The second-order valence-electron chi connectivity index (χ2n) is 12.5. The molecule has 1 aromatic heterocycles. The van der Waals surface area contributed by atoms with Crippen LogP contribution in [0.25, 0.3) is 0 Å². The van der Waals surface area contributed by atoms with Crippen LogP contribution in [-0.2, 0) is 20.0 Å². The van der Waals surface area contributed by atoms with Crippen molar-refractivity contribution in [2.75, 3.05) is 0 Å². The molecule has 0 aliphatic carbocycles. The molecule has 0 aliphatic rings. The summed E-state index contributed by atoms with van der Waals surface area (Å²) in [5.74, 6) is 1.54. The van der Waals surface area contributed by atoms with Gasteiger partial charge in [-0.3, -0.25) is 0 Å². The van der Waals surface area contributed by atoms with Crippen LogP contribution in [0.5, 0.6) is 0 Å². The molecule has 2 nitrogen and oxygen atoms in total. The Balaban J connectivity index is 1.92. The van der Waals surface area contributed by atoms with Crippen LogP contribution >= 0.6 is 0 Å². The van der Waals surface area contributed by atoms with Gasteiger partial charge >= 0.3 is 0 Å². The van der Waals surface area contributed by atoms with Crippen LogP contribution in [0.15, 0.2) is 12.4 Å². The number of aryl methyl sites for hydroxylation is 2. The lowest BCUT2D eigenvalue weighted by molar-refractivity contribution is -0.678. The van der Waals surface area contributed by atoms with Crippen LogP contribution in [0.3, 0.4) is 0 Å². The summed E-state index contributed by atoms with van der Waals surface area (Å²) in [4.78, 5) is 0. The monoisotopic (exact) mass is 532 g/mol. The predicted octanol–water partition coefficient (Wildman–Crippen LogP) is 11.8. The summed E-state index contributed by atoms with van der Waals surface area (Å²) in [5.41, 5.74) is 0. The molecule has 1 aromatic rings. The van der Waals surface area contributed by atoms with Gasteiger partial charge < -0.3 is 0 Å². The molecular formula is C36H71N2+. The Hall–Kier alpha value is -0.790. The zero-order chi connectivity index (χ0) is 27.4. The molecule has 0 spiro atoms. The minimum absolute atomic E-state index is 1.22. The van der Waals surface area contributed by atoms with Crippen molar-refractivity contribution in [3.63, 3.8) is 0 Å². The first-order valence-electron chi connectivity index (χ1n) is 17.8. The highest BCUT2D eigenvalue weighted by atomic mass is 15.1. The third-order valence-corrected chi connectivity index (χ3v) is 8.72. The van der Waals surface area contributed by atoms with E-state index in [1.54, 1.807) is 5.82 Å². The van der Waals surface area contributed by atoms with Crippen molar-refractivity contribution in [3.05, 3.63) is 18.2 Å². The number of rotatable bonds is 30. The first-order valence-corrected chi connectivity index (χ1v) is 17.8. The van der Waals surface area contributed by atoms with Gasteiger partial charge in [0.2, 0.25) is 0 Å². The molecule has 2 heteroatoms. The van der Waals surface area contributed by atoms with Crippen LogP contribution in [0.1, 0.15) is 199 Å². The molecule has 0 amide bonds. The smallest absolute Gasteiger partial charge is 0.237 e. The maximum atomic E-state index is 2.54. The standard InChI is InChI=1S/C36H71N2/c1-4-6-8-10-12-14-16-18-19-21-23-25-27-29-31-33-38-35-34-37(3)36(38)32-30-28-26-24-22-20-17-15-13-11-9-7-5-2/h34-35H,4-33H2,1-3H3/q+1. The summed E-state index contributed by atoms with van der Waals surface area (Å²) in [6, 6.07) is 0. The highest BCUT2D eigenvalue weighted by Crippen LogP contribution is 2.15. The summed E-state index contributed by atoms with van der Waals surface area (Å²) in [6.45, 7) is 5.83. The summed E-state index contributed by atoms with van der Waals surface area (Å²) in [7, 11) is 2.24. The second kappa shape index (κ2) is 27.8. The average molecular weight is 532 g/mol. The first kappa shape index (κ1) is 35.2. The van der Waals surface area contributed by atoms with Gasteiger partial charge in [0.05, 0.1) is 13.6 Å². The Bertz CT molecular complexity index is 590. The van der Waals surface area contributed by atoms with Crippen LogP contribution in [0.4, 0.5) is 0 Å². The van der Waals surface area contributed by atoms with Gasteiger partial charge in [-0.15, -0.1) is 0 Å². The lowest BCUT2D eigenvalue weighted by Gasteiger charge is -2.05. The molecule has 0 aliphatic heterocycles. The quantitative estimate of drug-likeness (QED) is 0.0689. The third-order valence-electron chi connectivity index (χ3n) is 8.72. The van der Waals surface area contributed by atoms with E-state index in [9.17, 15) is 0 Å². The maximum Gasteiger partial charge on any atom is 0.256 e. The Labute approximate surface area is 240 Å². The number of hydrogen-bond donors (Lipinski definition) is 0. The van der Waals surface area contributed by atoms with Crippen LogP contribution in [0.2, 0.25) is 0 Å². The topological polar surface area (TPSA) is 8.81 Å². The van der Waals surface area contributed by atoms with Crippen LogP contribution < -0.4 is 4.57 Å². The van der Waals surface area contributed by atoms with Gasteiger partial charge in [0.25, 0.3) is 5.82 Å². The molecule has 0 radical (unpaired) electrons. The first-order chi connectivity index (χ1) is 18.8. The van der Waals surface area contributed by atoms with Crippen molar-refractivity contribution in [2.24, 2.45) is 7.05 Å². The van der Waals surface area contributed by atoms with Crippen molar-refractivity contribution >= 4 is 0 Å². The van der Waals surface area contributed by atoms with Crippen LogP contribution in [0, 0.1) is 0 Å². The van der Waals surface area contributed by atoms with Crippen molar-refractivity contribution in [1.29, 1.82) is 0 Å². The van der Waals surface area contributed by atoms with Crippen LogP contribution in [-0.4, -0.2) is 4.57 Å². The largest absolute Gasteiger partial charge is 0.256 e. The van der Waals surface area contributed by atoms with Gasteiger partial charge in [0, 0.05) is 6.42 Å². The van der Waals surface area contributed by atoms with E-state index in [2.05, 4.69) is 42.4 Å². The number of imidazole rings is 1. The molecular weight excluding hydrogens is 460 g/mol. The molecule has 0 unspecified atom stereocenters. The molecule has 0 aromatic carbocycles.